The first-order valence-corrected chi connectivity index (χ1v) is 7.85. The summed E-state index contributed by atoms with van der Waals surface area (Å²) in [6.07, 6.45) is -2.30. The first kappa shape index (κ1) is 18.0. The Kier molecular flexibility index (Phi) is 4.99. The van der Waals surface area contributed by atoms with Crippen molar-refractivity contribution < 1.29 is 17.9 Å². The number of fused-ring (bicyclic) bond motifs is 1. The molecule has 0 aliphatic rings. The van der Waals surface area contributed by atoms with Crippen molar-refractivity contribution in [1.29, 1.82) is 0 Å². The van der Waals surface area contributed by atoms with E-state index in [0.717, 1.165) is 22.4 Å². The molecule has 0 spiro atoms. The number of alkyl halides is 3. The molecule has 0 bridgehead atoms. The second-order valence-corrected chi connectivity index (χ2v) is 5.73. The van der Waals surface area contributed by atoms with Crippen LogP contribution in [0.4, 0.5) is 19.0 Å². The maximum Gasteiger partial charge on any atom is 0.417 e. The molecule has 0 fully saturated rings. The Hall–Kier alpha value is -2.80. The van der Waals surface area contributed by atoms with E-state index in [4.69, 9.17) is 16.3 Å². The highest BCUT2D eigenvalue weighted by atomic mass is 35.5. The quantitative estimate of drug-likeness (QED) is 0.490. The Morgan fingerprint density at radius 1 is 1.19 bits per heavy atom. The van der Waals surface area contributed by atoms with Crippen molar-refractivity contribution in [3.8, 4) is 5.75 Å². The fourth-order valence-corrected chi connectivity index (χ4v) is 2.63. The highest BCUT2D eigenvalue weighted by Gasteiger charge is 2.31. The molecule has 1 aromatic heterocycles. The molecule has 0 atom stereocenters. The van der Waals surface area contributed by atoms with Gasteiger partial charge >= 0.3 is 6.18 Å². The number of methoxy groups -OCH3 is 1. The van der Waals surface area contributed by atoms with Gasteiger partial charge in [0, 0.05) is 11.8 Å². The largest absolute Gasteiger partial charge is 0.496 e. The van der Waals surface area contributed by atoms with Gasteiger partial charge in [-0.25, -0.2) is 4.98 Å². The molecule has 3 aromatic rings. The molecule has 0 aliphatic heterocycles. The van der Waals surface area contributed by atoms with Crippen LogP contribution in [-0.2, 0) is 6.18 Å². The Balaban J connectivity index is 1.89. The molecule has 0 aliphatic carbocycles. The van der Waals surface area contributed by atoms with Crippen LogP contribution in [0.2, 0.25) is 5.02 Å². The maximum atomic E-state index is 12.6. The number of ether oxygens (including phenoxy) is 1. The molecule has 0 unspecified atom stereocenters. The summed E-state index contributed by atoms with van der Waals surface area (Å²) in [5, 5.41) is 5.78. The lowest BCUT2D eigenvalue weighted by molar-refractivity contribution is -0.137. The van der Waals surface area contributed by atoms with Crippen LogP contribution in [0, 0.1) is 0 Å². The second-order valence-electron chi connectivity index (χ2n) is 5.32. The lowest BCUT2D eigenvalue weighted by atomic mass is 10.0. The van der Waals surface area contributed by atoms with E-state index in [1.165, 1.54) is 6.21 Å². The number of nitrogens with zero attached hydrogens (tertiary/aromatic N) is 2. The van der Waals surface area contributed by atoms with Crippen molar-refractivity contribution in [3.05, 3.63) is 64.8 Å². The number of benzene rings is 2. The zero-order valence-electron chi connectivity index (χ0n) is 13.5. The molecule has 2 aromatic carbocycles. The molecule has 1 N–H and O–H groups in total. The molecule has 0 saturated heterocycles. The fraction of sp³-hybridized carbons (Fsp3) is 0.111. The van der Waals surface area contributed by atoms with Gasteiger partial charge in [-0.15, -0.1) is 0 Å². The SMILES string of the molecule is COc1ccc2ccccc2c1/C=N\Nc1ncc(C(F)(F)F)cc1Cl. The minimum Gasteiger partial charge on any atom is -0.496 e. The number of aromatic nitrogens is 1. The minimum absolute atomic E-state index is 0.0233. The summed E-state index contributed by atoms with van der Waals surface area (Å²) >= 11 is 5.85. The molecule has 8 heteroatoms. The van der Waals surface area contributed by atoms with E-state index >= 15 is 0 Å². The van der Waals surface area contributed by atoms with Gasteiger partial charge in [0.2, 0.25) is 0 Å². The van der Waals surface area contributed by atoms with Crippen LogP contribution in [0.1, 0.15) is 11.1 Å². The Labute approximate surface area is 152 Å². The van der Waals surface area contributed by atoms with Crippen LogP contribution in [0.3, 0.4) is 0 Å². The predicted octanol–water partition coefficient (Wildman–Crippen LogP) is 5.36. The van der Waals surface area contributed by atoms with Gasteiger partial charge in [-0.3, -0.25) is 5.43 Å². The first-order valence-electron chi connectivity index (χ1n) is 7.47. The van der Waals surface area contributed by atoms with Gasteiger partial charge in [0.15, 0.2) is 5.82 Å². The van der Waals surface area contributed by atoms with Crippen LogP contribution >= 0.6 is 11.6 Å². The Morgan fingerprint density at radius 2 is 1.96 bits per heavy atom. The van der Waals surface area contributed by atoms with Gasteiger partial charge < -0.3 is 4.74 Å². The van der Waals surface area contributed by atoms with Gasteiger partial charge in [0.05, 0.1) is 23.9 Å². The summed E-state index contributed by atoms with van der Waals surface area (Å²) in [7, 11) is 1.54. The van der Waals surface area contributed by atoms with Crippen LogP contribution in [0.25, 0.3) is 10.8 Å². The van der Waals surface area contributed by atoms with Crippen LogP contribution in [0.15, 0.2) is 53.8 Å². The molecule has 3 rings (SSSR count). The Bertz CT molecular complexity index is 974. The van der Waals surface area contributed by atoms with Gasteiger partial charge in [-0.05, 0) is 22.9 Å². The highest BCUT2D eigenvalue weighted by molar-refractivity contribution is 6.33. The highest BCUT2D eigenvalue weighted by Crippen LogP contribution is 2.32. The Morgan fingerprint density at radius 3 is 2.65 bits per heavy atom. The van der Waals surface area contributed by atoms with Crippen LogP contribution in [-0.4, -0.2) is 18.3 Å². The van der Waals surface area contributed by atoms with E-state index in [1.807, 2.05) is 36.4 Å². The topological polar surface area (TPSA) is 46.5 Å². The fourth-order valence-electron chi connectivity index (χ4n) is 2.42. The van der Waals surface area contributed by atoms with Crippen molar-refractivity contribution in [2.75, 3.05) is 12.5 Å². The molecule has 26 heavy (non-hydrogen) atoms. The molecule has 0 amide bonds. The average molecular weight is 380 g/mol. The van der Waals surface area contributed by atoms with Gasteiger partial charge in [0.1, 0.15) is 5.75 Å². The molecule has 0 radical (unpaired) electrons. The van der Waals surface area contributed by atoms with Gasteiger partial charge in [0.25, 0.3) is 0 Å². The number of hydrogen-bond donors (Lipinski definition) is 1. The summed E-state index contributed by atoms with van der Waals surface area (Å²) < 4.78 is 43.3. The second kappa shape index (κ2) is 7.21. The van der Waals surface area contributed by atoms with Crippen molar-refractivity contribution in [2.45, 2.75) is 6.18 Å². The van der Waals surface area contributed by atoms with E-state index in [-0.39, 0.29) is 10.8 Å². The smallest absolute Gasteiger partial charge is 0.417 e. The summed E-state index contributed by atoms with van der Waals surface area (Å²) in [5.41, 5.74) is 2.36. The normalized spacial score (nSPS) is 11.9. The zero-order chi connectivity index (χ0) is 18.7. The van der Waals surface area contributed by atoms with Gasteiger partial charge in [-0.1, -0.05) is 41.9 Å². The standard InChI is InChI=1S/C18H13ClF3N3O/c1-26-16-7-6-11-4-2-3-5-13(11)14(16)10-24-25-17-15(19)8-12(9-23-17)18(20,21)22/h2-10H,1H3,(H,23,25)/b24-10-. The van der Waals surface area contributed by atoms with Crippen LogP contribution < -0.4 is 10.2 Å². The third-order valence-electron chi connectivity index (χ3n) is 3.68. The molecule has 0 saturated carbocycles. The summed E-state index contributed by atoms with van der Waals surface area (Å²) in [6.45, 7) is 0. The van der Waals surface area contributed by atoms with Crippen molar-refractivity contribution in [2.24, 2.45) is 5.10 Å². The van der Waals surface area contributed by atoms with E-state index in [1.54, 1.807) is 7.11 Å². The van der Waals surface area contributed by atoms with E-state index in [9.17, 15) is 13.2 Å². The minimum atomic E-state index is -4.51. The third kappa shape index (κ3) is 3.72. The lowest BCUT2D eigenvalue weighted by Crippen LogP contribution is -2.06. The number of hydrogen-bond acceptors (Lipinski definition) is 4. The molecular weight excluding hydrogens is 367 g/mol. The number of anilines is 1. The first-order chi connectivity index (χ1) is 12.4. The summed E-state index contributed by atoms with van der Waals surface area (Å²) in [5.74, 6) is 0.635. The molecular formula is C18H13ClF3N3O. The van der Waals surface area contributed by atoms with E-state index in [0.29, 0.717) is 11.9 Å². The molecule has 134 valence electrons. The number of nitrogens with one attached hydrogen (secondary N) is 1. The molecule has 1 heterocycles. The monoisotopic (exact) mass is 379 g/mol. The number of hydrazone groups is 1. The van der Waals surface area contributed by atoms with Crippen LogP contribution in [0.5, 0.6) is 5.75 Å². The van der Waals surface area contributed by atoms with E-state index in [2.05, 4.69) is 15.5 Å². The van der Waals surface area contributed by atoms with Crippen molar-refractivity contribution in [3.63, 3.8) is 0 Å². The van der Waals surface area contributed by atoms with Crippen molar-refractivity contribution >= 4 is 34.4 Å². The van der Waals surface area contributed by atoms with Gasteiger partial charge in [-0.2, -0.15) is 18.3 Å². The van der Waals surface area contributed by atoms with E-state index < -0.39 is 11.7 Å². The predicted molar refractivity (Wildman–Crippen MR) is 96.0 cm³/mol. The molecule has 4 nitrogen and oxygen atoms in total. The van der Waals surface area contributed by atoms with Crippen molar-refractivity contribution in [1.82, 2.24) is 4.98 Å². The zero-order valence-corrected chi connectivity index (χ0v) is 14.3. The summed E-state index contributed by atoms with van der Waals surface area (Å²) in [6, 6.07) is 12.2. The maximum absolute atomic E-state index is 12.6. The average Bonchev–Trinajstić information content (AvgIpc) is 2.62. The number of halogens is 4. The number of pyridine rings is 1. The lowest BCUT2D eigenvalue weighted by Gasteiger charge is -2.09. The summed E-state index contributed by atoms with van der Waals surface area (Å²) in [4.78, 5) is 3.67. The number of rotatable bonds is 4. The third-order valence-corrected chi connectivity index (χ3v) is 3.97.